The Hall–Kier alpha value is -3.74. The number of aryl methyl sites for hydroxylation is 1. The molecule has 1 fully saturated rings. The van der Waals surface area contributed by atoms with Crippen molar-refractivity contribution in [2.45, 2.75) is 25.8 Å². The van der Waals surface area contributed by atoms with Crippen LogP contribution in [0.1, 0.15) is 17.5 Å². The summed E-state index contributed by atoms with van der Waals surface area (Å²) in [7, 11) is 0. The van der Waals surface area contributed by atoms with E-state index in [1.54, 1.807) is 25.1 Å². The molecule has 1 heterocycles. The topological polar surface area (TPSA) is 95.0 Å². The van der Waals surface area contributed by atoms with Gasteiger partial charge in [0.15, 0.2) is 0 Å². The Morgan fingerprint density at radius 2 is 1.73 bits per heavy atom. The highest BCUT2D eigenvalue weighted by molar-refractivity contribution is 6.23. The molecule has 0 unspecified atom stereocenters. The van der Waals surface area contributed by atoms with Crippen LogP contribution in [-0.4, -0.2) is 46.3 Å². The number of nitrogens with zero attached hydrogens (tertiary/aromatic N) is 2. The van der Waals surface area contributed by atoms with E-state index in [0.717, 1.165) is 28.2 Å². The molecule has 0 aromatic heterocycles. The quantitative estimate of drug-likeness (QED) is 0.563. The summed E-state index contributed by atoms with van der Waals surface area (Å²) in [6.45, 7) is 1.98. The summed E-state index contributed by atoms with van der Waals surface area (Å²) >= 11 is 0. The fourth-order valence-corrected chi connectivity index (χ4v) is 3.48. The fraction of sp³-hybridized carbons (Fsp3) is 0.217. The number of hydrogen-bond acceptors (Lipinski definition) is 4. The summed E-state index contributed by atoms with van der Waals surface area (Å²) in [5.74, 6) is -2.76. The first kappa shape index (κ1) is 21.0. The van der Waals surface area contributed by atoms with Gasteiger partial charge in [-0.1, -0.05) is 48.5 Å². The Labute approximate surface area is 174 Å². The lowest BCUT2D eigenvalue weighted by atomic mass is 10.1. The number of aliphatic carboxylic acids is 1. The average Bonchev–Trinajstić information content (AvgIpc) is 3.02. The zero-order chi connectivity index (χ0) is 21.7. The lowest BCUT2D eigenvalue weighted by Crippen LogP contribution is -2.46. The third-order valence-electron chi connectivity index (χ3n) is 4.99. The molecule has 0 radical (unpaired) electrons. The minimum atomic E-state index is -1.26. The molecule has 0 aliphatic carbocycles. The summed E-state index contributed by atoms with van der Waals surface area (Å²) in [5, 5.41) is 8.85. The zero-order valence-electron chi connectivity index (χ0n) is 16.5. The van der Waals surface area contributed by atoms with E-state index in [9.17, 15) is 19.2 Å². The van der Waals surface area contributed by atoms with Crippen LogP contribution in [0.15, 0.2) is 66.7 Å². The molecule has 0 saturated carbocycles. The molecule has 1 aliphatic heterocycles. The number of carbonyl (C=O) groups excluding carboxylic acids is 3. The Morgan fingerprint density at radius 3 is 2.40 bits per heavy atom. The number of para-hydroxylation sites is 1. The normalized spacial score (nSPS) is 16.3. The fourth-order valence-electron chi connectivity index (χ4n) is 3.48. The van der Waals surface area contributed by atoms with E-state index in [0.29, 0.717) is 12.1 Å². The van der Waals surface area contributed by atoms with E-state index in [-0.39, 0.29) is 18.9 Å². The first-order valence-corrected chi connectivity index (χ1v) is 9.56. The minimum Gasteiger partial charge on any atom is -0.478 e. The van der Waals surface area contributed by atoms with Gasteiger partial charge in [-0.2, -0.15) is 0 Å². The molecule has 1 N–H and O–H groups in total. The average molecular weight is 406 g/mol. The molecule has 2 aromatic rings. The second-order valence-corrected chi connectivity index (χ2v) is 7.01. The van der Waals surface area contributed by atoms with Crippen molar-refractivity contribution in [3.05, 3.63) is 77.9 Å². The van der Waals surface area contributed by atoms with Crippen LogP contribution in [0.2, 0.25) is 0 Å². The number of carboxylic acids is 1. The Kier molecular flexibility index (Phi) is 6.41. The number of carbonyl (C=O) groups is 4. The maximum atomic E-state index is 13.1. The number of anilines is 1. The van der Waals surface area contributed by atoms with Gasteiger partial charge in [-0.15, -0.1) is 0 Å². The third kappa shape index (κ3) is 4.63. The molecule has 154 valence electrons. The van der Waals surface area contributed by atoms with Crippen LogP contribution in [0.3, 0.4) is 0 Å². The molecule has 1 atom stereocenters. The first-order valence-electron chi connectivity index (χ1n) is 9.56. The van der Waals surface area contributed by atoms with Crippen molar-refractivity contribution >= 4 is 29.4 Å². The van der Waals surface area contributed by atoms with Crippen molar-refractivity contribution in [3.8, 4) is 0 Å². The summed E-state index contributed by atoms with van der Waals surface area (Å²) in [6, 6.07) is 15.5. The van der Waals surface area contributed by atoms with E-state index in [4.69, 9.17) is 5.11 Å². The number of hydrogen-bond donors (Lipinski definition) is 1. The van der Waals surface area contributed by atoms with Crippen LogP contribution in [0, 0.1) is 6.92 Å². The van der Waals surface area contributed by atoms with Crippen LogP contribution >= 0.6 is 0 Å². The number of carboxylic acid groups (broad SMARTS) is 1. The van der Waals surface area contributed by atoms with Gasteiger partial charge in [-0.05, 0) is 30.5 Å². The number of rotatable bonds is 7. The van der Waals surface area contributed by atoms with E-state index in [1.807, 2.05) is 36.4 Å². The summed E-state index contributed by atoms with van der Waals surface area (Å²) in [6.07, 6.45) is 1.98. The van der Waals surface area contributed by atoms with Gasteiger partial charge < -0.3 is 10.0 Å². The van der Waals surface area contributed by atoms with Gasteiger partial charge in [0.25, 0.3) is 5.91 Å². The van der Waals surface area contributed by atoms with Crippen molar-refractivity contribution in [3.63, 3.8) is 0 Å². The Balaban J connectivity index is 1.87. The van der Waals surface area contributed by atoms with Crippen molar-refractivity contribution in [2.24, 2.45) is 0 Å². The molecule has 7 nitrogen and oxygen atoms in total. The van der Waals surface area contributed by atoms with Gasteiger partial charge >= 0.3 is 5.97 Å². The largest absolute Gasteiger partial charge is 0.478 e. The van der Waals surface area contributed by atoms with Gasteiger partial charge in [0.2, 0.25) is 11.8 Å². The van der Waals surface area contributed by atoms with E-state index < -0.39 is 23.8 Å². The number of imide groups is 1. The molecule has 0 spiro atoms. The highest BCUT2D eigenvalue weighted by atomic mass is 16.4. The summed E-state index contributed by atoms with van der Waals surface area (Å²) in [5.41, 5.74) is 2.23. The maximum absolute atomic E-state index is 13.1. The minimum absolute atomic E-state index is 0.144. The van der Waals surface area contributed by atoms with Crippen LogP contribution < -0.4 is 4.90 Å². The smallest absolute Gasteiger partial charge is 0.328 e. The lowest BCUT2D eigenvalue weighted by Gasteiger charge is -2.27. The van der Waals surface area contributed by atoms with Crippen LogP contribution in [-0.2, 0) is 25.6 Å². The maximum Gasteiger partial charge on any atom is 0.328 e. The molecule has 2 aromatic carbocycles. The lowest BCUT2D eigenvalue weighted by molar-refractivity contribution is -0.135. The first-order chi connectivity index (χ1) is 14.4. The summed E-state index contributed by atoms with van der Waals surface area (Å²) in [4.78, 5) is 51.7. The predicted octanol–water partition coefficient (Wildman–Crippen LogP) is 2.34. The molecule has 1 aliphatic rings. The SMILES string of the molecule is Cc1ccccc1N1C(=O)C[C@H](N(CCc2ccccc2)C(=O)/C=C/C(=O)O)C1=O. The van der Waals surface area contributed by atoms with Gasteiger partial charge in [0.05, 0.1) is 12.1 Å². The van der Waals surface area contributed by atoms with Crippen LogP contribution in [0.5, 0.6) is 0 Å². The van der Waals surface area contributed by atoms with Crippen molar-refractivity contribution in [1.82, 2.24) is 4.90 Å². The predicted molar refractivity (Wildman–Crippen MR) is 111 cm³/mol. The molecular weight excluding hydrogens is 384 g/mol. The zero-order valence-corrected chi connectivity index (χ0v) is 16.5. The van der Waals surface area contributed by atoms with E-state index in [2.05, 4.69) is 0 Å². The molecule has 0 bridgehead atoms. The Morgan fingerprint density at radius 1 is 1.07 bits per heavy atom. The van der Waals surface area contributed by atoms with E-state index in [1.165, 1.54) is 4.90 Å². The monoisotopic (exact) mass is 406 g/mol. The van der Waals surface area contributed by atoms with Gasteiger partial charge in [-0.25, -0.2) is 9.69 Å². The van der Waals surface area contributed by atoms with Crippen molar-refractivity contribution in [2.75, 3.05) is 11.4 Å². The van der Waals surface area contributed by atoms with Crippen LogP contribution in [0.25, 0.3) is 0 Å². The standard InChI is InChI=1S/C23H22N2O5/c1-16-7-5-6-10-18(16)25-21(27)15-19(23(25)30)24(20(26)11-12-22(28)29)14-13-17-8-3-2-4-9-17/h2-12,19H,13-15H2,1H3,(H,28,29)/b12-11+/t19-/m0/s1. The van der Waals surface area contributed by atoms with Gasteiger partial charge in [-0.3, -0.25) is 14.4 Å². The second kappa shape index (κ2) is 9.17. The molecule has 3 rings (SSSR count). The molecule has 3 amide bonds. The Bertz CT molecular complexity index is 1000. The summed E-state index contributed by atoms with van der Waals surface area (Å²) < 4.78 is 0. The molecule has 7 heteroatoms. The highest BCUT2D eigenvalue weighted by Gasteiger charge is 2.44. The van der Waals surface area contributed by atoms with E-state index >= 15 is 0 Å². The molecule has 1 saturated heterocycles. The van der Waals surface area contributed by atoms with Crippen molar-refractivity contribution in [1.29, 1.82) is 0 Å². The second-order valence-electron chi connectivity index (χ2n) is 7.01. The van der Waals surface area contributed by atoms with Crippen molar-refractivity contribution < 1.29 is 24.3 Å². The molecular formula is C23H22N2O5. The van der Waals surface area contributed by atoms with Gasteiger partial charge in [0.1, 0.15) is 6.04 Å². The third-order valence-corrected chi connectivity index (χ3v) is 4.99. The number of amides is 3. The van der Waals surface area contributed by atoms with Gasteiger partial charge in [0, 0.05) is 18.7 Å². The molecule has 30 heavy (non-hydrogen) atoms. The van der Waals surface area contributed by atoms with Crippen LogP contribution in [0.4, 0.5) is 5.69 Å². The number of benzene rings is 2. The highest BCUT2D eigenvalue weighted by Crippen LogP contribution is 2.28.